The van der Waals surface area contributed by atoms with Crippen LogP contribution in [0.15, 0.2) is 0 Å². The van der Waals surface area contributed by atoms with E-state index in [-0.39, 0.29) is 51.4 Å². The second kappa shape index (κ2) is 11.1. The zero-order chi connectivity index (χ0) is 20.5. The van der Waals surface area contributed by atoms with Gasteiger partial charge in [-0.3, -0.25) is 0 Å². The zero-order valence-corrected chi connectivity index (χ0v) is 18.5. The number of aliphatic hydroxyl groups is 7. The van der Waals surface area contributed by atoms with Crippen LogP contribution in [0.4, 0.5) is 0 Å². The van der Waals surface area contributed by atoms with E-state index in [4.69, 9.17) is 19.3 Å². The standard InChI is InChI=1S/C12H22O14S.K/c13-1-3-5(15)6(16)8(18)11(23-3)25-10-4(2-14)24-12(9(19)7(10)17)26-27(20,21)22;/h3-19H,1-2H2,(H,20,21,22);/q;+1/p-1/t3-,4-,5-,6+,7-,8-,9-,10-,11-,12+;/m1./s1. The van der Waals surface area contributed by atoms with Crippen LogP contribution in [0.1, 0.15) is 0 Å². The molecule has 0 aromatic heterocycles. The molecule has 28 heavy (non-hydrogen) atoms. The molecular formula is C12H21KO14S. The summed E-state index contributed by atoms with van der Waals surface area (Å²) >= 11 is 0. The topological polar surface area (TPSA) is 236 Å². The van der Waals surface area contributed by atoms with Crippen molar-refractivity contribution < 1.29 is 118 Å². The molecule has 0 bridgehead atoms. The Bertz CT molecular complexity index is 587. The molecule has 0 aromatic rings. The number of hydrogen-bond acceptors (Lipinski definition) is 14. The Kier molecular flexibility index (Phi) is 10.8. The molecule has 2 saturated heterocycles. The number of ether oxygens (including phenoxy) is 3. The van der Waals surface area contributed by atoms with Crippen molar-refractivity contribution in [2.24, 2.45) is 0 Å². The third kappa shape index (κ3) is 6.31. The molecule has 10 atom stereocenters. The third-order valence-electron chi connectivity index (χ3n) is 4.17. The molecule has 16 heteroatoms. The van der Waals surface area contributed by atoms with Crippen LogP contribution in [-0.4, -0.2) is 123 Å². The average Bonchev–Trinajstić information content (AvgIpc) is 2.60. The molecule has 2 fully saturated rings. The van der Waals surface area contributed by atoms with Crippen LogP contribution in [0.2, 0.25) is 0 Å². The molecule has 14 nitrogen and oxygen atoms in total. The normalized spacial score (nSPS) is 44.7. The second-order valence-corrected chi connectivity index (χ2v) is 7.02. The van der Waals surface area contributed by atoms with Crippen LogP contribution in [0.3, 0.4) is 0 Å². The van der Waals surface area contributed by atoms with Crippen molar-refractivity contribution in [3.05, 3.63) is 0 Å². The zero-order valence-electron chi connectivity index (χ0n) is 14.6. The Labute approximate surface area is 202 Å². The maximum absolute atomic E-state index is 10.7. The Balaban J connectivity index is 0.00000392. The predicted octanol–water partition coefficient (Wildman–Crippen LogP) is -8.91. The van der Waals surface area contributed by atoms with Gasteiger partial charge in [0.2, 0.25) is 16.7 Å². The summed E-state index contributed by atoms with van der Waals surface area (Å²) in [5, 5.41) is 67.9. The van der Waals surface area contributed by atoms with Crippen molar-refractivity contribution in [1.82, 2.24) is 0 Å². The molecule has 0 aliphatic carbocycles. The molecular weight excluding hydrogens is 439 g/mol. The Morgan fingerprint density at radius 1 is 0.786 bits per heavy atom. The van der Waals surface area contributed by atoms with Gasteiger partial charge in [-0.15, -0.1) is 0 Å². The van der Waals surface area contributed by atoms with E-state index in [9.17, 15) is 43.6 Å². The van der Waals surface area contributed by atoms with Gasteiger partial charge in [0.05, 0.1) is 13.2 Å². The number of aliphatic hydroxyl groups excluding tert-OH is 7. The van der Waals surface area contributed by atoms with E-state index in [0.717, 1.165) is 0 Å². The van der Waals surface area contributed by atoms with E-state index < -0.39 is 85.0 Å². The van der Waals surface area contributed by atoms with Crippen LogP contribution < -0.4 is 51.4 Å². The molecule has 7 N–H and O–H groups in total. The van der Waals surface area contributed by atoms with Crippen molar-refractivity contribution in [1.29, 1.82) is 0 Å². The van der Waals surface area contributed by atoms with Gasteiger partial charge in [-0.1, -0.05) is 0 Å². The molecule has 0 amide bonds. The summed E-state index contributed by atoms with van der Waals surface area (Å²) in [5.41, 5.74) is 0. The fourth-order valence-corrected chi connectivity index (χ4v) is 3.14. The van der Waals surface area contributed by atoms with Gasteiger partial charge in [-0.05, 0) is 0 Å². The summed E-state index contributed by atoms with van der Waals surface area (Å²) in [6.45, 7) is -1.65. The van der Waals surface area contributed by atoms with Crippen molar-refractivity contribution in [2.75, 3.05) is 13.2 Å². The molecule has 0 spiro atoms. The minimum Gasteiger partial charge on any atom is -0.725 e. The maximum atomic E-state index is 10.7. The van der Waals surface area contributed by atoms with Crippen LogP contribution in [0.25, 0.3) is 0 Å². The predicted molar refractivity (Wildman–Crippen MR) is 77.2 cm³/mol. The molecule has 0 unspecified atom stereocenters. The molecule has 2 aliphatic rings. The first-order valence-electron chi connectivity index (χ1n) is 7.72. The number of rotatable bonds is 6. The van der Waals surface area contributed by atoms with Gasteiger partial charge < -0.3 is 54.5 Å². The van der Waals surface area contributed by atoms with Gasteiger partial charge in [0.1, 0.15) is 48.8 Å². The Hall–Kier alpha value is 1.11. The van der Waals surface area contributed by atoms with Gasteiger partial charge >= 0.3 is 51.4 Å². The van der Waals surface area contributed by atoms with E-state index in [1.54, 1.807) is 0 Å². The third-order valence-corrected chi connectivity index (χ3v) is 4.60. The van der Waals surface area contributed by atoms with Gasteiger partial charge in [0.15, 0.2) is 6.29 Å². The van der Waals surface area contributed by atoms with E-state index >= 15 is 0 Å². The summed E-state index contributed by atoms with van der Waals surface area (Å²) in [6, 6.07) is 0. The van der Waals surface area contributed by atoms with Crippen LogP contribution >= 0.6 is 0 Å². The van der Waals surface area contributed by atoms with E-state index in [2.05, 4.69) is 4.18 Å². The maximum Gasteiger partial charge on any atom is 1.00 e. The quantitative estimate of drug-likeness (QED) is 0.111. The van der Waals surface area contributed by atoms with Crippen LogP contribution in [0.5, 0.6) is 0 Å². The number of hydrogen-bond donors (Lipinski definition) is 7. The van der Waals surface area contributed by atoms with E-state index in [1.807, 2.05) is 0 Å². The van der Waals surface area contributed by atoms with Crippen molar-refractivity contribution in [3.8, 4) is 0 Å². The Morgan fingerprint density at radius 3 is 1.79 bits per heavy atom. The molecule has 0 radical (unpaired) electrons. The van der Waals surface area contributed by atoms with Crippen LogP contribution in [-0.2, 0) is 28.8 Å². The molecule has 2 rings (SSSR count). The smallest absolute Gasteiger partial charge is 0.725 e. The molecule has 2 heterocycles. The van der Waals surface area contributed by atoms with E-state index in [1.165, 1.54) is 0 Å². The van der Waals surface area contributed by atoms with Gasteiger partial charge in [-0.25, -0.2) is 12.6 Å². The largest absolute Gasteiger partial charge is 1.00 e. The van der Waals surface area contributed by atoms with Gasteiger partial charge in [0.25, 0.3) is 0 Å². The minimum absolute atomic E-state index is 0. The fourth-order valence-electron chi connectivity index (χ4n) is 2.75. The molecule has 0 saturated carbocycles. The van der Waals surface area contributed by atoms with Gasteiger partial charge in [-0.2, -0.15) is 0 Å². The fraction of sp³-hybridized carbons (Fsp3) is 1.00. The first kappa shape index (κ1) is 27.1. The summed E-state index contributed by atoms with van der Waals surface area (Å²) < 4.78 is 51.1. The summed E-state index contributed by atoms with van der Waals surface area (Å²) in [6.07, 6.45) is -17.8. The monoisotopic (exact) mass is 460 g/mol. The van der Waals surface area contributed by atoms with E-state index in [0.29, 0.717) is 0 Å². The Morgan fingerprint density at radius 2 is 1.29 bits per heavy atom. The van der Waals surface area contributed by atoms with Crippen molar-refractivity contribution in [2.45, 2.75) is 61.4 Å². The van der Waals surface area contributed by atoms with Crippen LogP contribution in [0, 0.1) is 0 Å². The minimum atomic E-state index is -5.31. The molecule has 160 valence electrons. The second-order valence-electron chi connectivity index (χ2n) is 6.01. The molecule has 2 aliphatic heterocycles. The SMILES string of the molecule is O=S(=O)([O-])O[C@@H]1O[C@H](CO)[C@@H](O[C@H]2O[C@H](CO)[C@@H](O)[C@H](O)[C@H]2O)[C@H](O)[C@H]1O.[K+]. The van der Waals surface area contributed by atoms with Gasteiger partial charge in [0, 0.05) is 0 Å². The first-order chi connectivity index (χ1) is 12.5. The molecule has 0 aromatic carbocycles. The summed E-state index contributed by atoms with van der Waals surface area (Å²) in [4.78, 5) is 0. The first-order valence-corrected chi connectivity index (χ1v) is 9.06. The van der Waals surface area contributed by atoms with Crippen molar-refractivity contribution in [3.63, 3.8) is 0 Å². The summed E-state index contributed by atoms with van der Waals surface area (Å²) in [5.74, 6) is 0. The van der Waals surface area contributed by atoms with Crippen molar-refractivity contribution >= 4 is 10.4 Å². The summed E-state index contributed by atoms with van der Waals surface area (Å²) in [7, 11) is -5.31. The average molecular weight is 460 g/mol.